The molecule has 1 atom stereocenters. The smallest absolute Gasteiger partial charge is 0.248 e. The number of fused-ring (bicyclic) bond motifs is 1. The Hall–Kier alpha value is -1.87. The highest BCUT2D eigenvalue weighted by atomic mass is 16.3. The van der Waals surface area contributed by atoms with E-state index in [4.69, 9.17) is 0 Å². The molecule has 15 heavy (non-hydrogen) atoms. The maximum atomic E-state index is 11.1. The van der Waals surface area contributed by atoms with Crippen LogP contribution in [0.3, 0.4) is 0 Å². The van der Waals surface area contributed by atoms with Crippen molar-refractivity contribution in [3.05, 3.63) is 58.9 Å². The first-order valence-corrected chi connectivity index (χ1v) is 4.65. The van der Waals surface area contributed by atoms with E-state index in [1.54, 1.807) is 18.2 Å². The summed E-state index contributed by atoms with van der Waals surface area (Å²) in [6, 6.07) is 8.56. The van der Waals surface area contributed by atoms with E-state index >= 15 is 0 Å². The molecule has 1 aromatic heterocycles. The highest BCUT2D eigenvalue weighted by molar-refractivity contribution is 5.82. The summed E-state index contributed by atoms with van der Waals surface area (Å²) in [4.78, 5) is 13.8. The summed E-state index contributed by atoms with van der Waals surface area (Å²) in [5.41, 5.74) is 1.33. The van der Waals surface area contributed by atoms with Gasteiger partial charge in [0.1, 0.15) is 0 Å². The molecule has 3 nitrogen and oxygen atoms in total. The molecule has 1 unspecified atom stereocenters. The normalized spacial score (nSPS) is 12.6. The largest absolute Gasteiger partial charge is 0.384 e. The van der Waals surface area contributed by atoms with E-state index in [0.717, 1.165) is 16.5 Å². The lowest BCUT2D eigenvalue weighted by Crippen LogP contribution is -2.04. The summed E-state index contributed by atoms with van der Waals surface area (Å²) < 4.78 is 0. The number of benzene rings is 1. The van der Waals surface area contributed by atoms with E-state index in [9.17, 15) is 9.90 Å². The summed E-state index contributed by atoms with van der Waals surface area (Å²) in [6.07, 6.45) is 0.750. The molecule has 0 aliphatic carbocycles. The fourth-order valence-corrected chi connectivity index (χ4v) is 1.60. The lowest BCUT2D eigenvalue weighted by atomic mass is 10.0. The van der Waals surface area contributed by atoms with Crippen molar-refractivity contribution < 1.29 is 5.11 Å². The van der Waals surface area contributed by atoms with Crippen LogP contribution < -0.4 is 5.56 Å². The molecule has 0 saturated carbocycles. The van der Waals surface area contributed by atoms with Crippen molar-refractivity contribution in [2.45, 2.75) is 6.10 Å². The van der Waals surface area contributed by atoms with Gasteiger partial charge >= 0.3 is 0 Å². The van der Waals surface area contributed by atoms with Gasteiger partial charge in [-0.1, -0.05) is 18.2 Å². The Balaban J connectivity index is 2.76. The number of pyridine rings is 1. The van der Waals surface area contributed by atoms with Gasteiger partial charge in [0.25, 0.3) is 0 Å². The van der Waals surface area contributed by atoms with E-state index in [1.165, 1.54) is 12.1 Å². The summed E-state index contributed by atoms with van der Waals surface area (Å²) in [5, 5.41) is 10.5. The van der Waals surface area contributed by atoms with E-state index in [1.807, 2.05) is 6.07 Å². The molecule has 0 aliphatic heterocycles. The number of aromatic nitrogens is 1. The summed E-state index contributed by atoms with van der Waals surface area (Å²) in [7, 11) is 0. The maximum absolute atomic E-state index is 11.1. The van der Waals surface area contributed by atoms with Crippen molar-refractivity contribution >= 4 is 10.9 Å². The lowest BCUT2D eigenvalue weighted by molar-refractivity contribution is 0.230. The monoisotopic (exact) mass is 201 g/mol. The Bertz CT molecular complexity index is 557. The second kappa shape index (κ2) is 3.71. The average molecular weight is 201 g/mol. The molecular weight excluding hydrogens is 190 g/mol. The quantitative estimate of drug-likeness (QED) is 0.727. The van der Waals surface area contributed by atoms with Crippen LogP contribution in [0.5, 0.6) is 0 Å². The number of hydrogen-bond acceptors (Lipinski definition) is 2. The van der Waals surface area contributed by atoms with Crippen molar-refractivity contribution in [1.82, 2.24) is 4.98 Å². The number of rotatable bonds is 2. The third-order valence-electron chi connectivity index (χ3n) is 2.34. The highest BCUT2D eigenvalue weighted by Gasteiger charge is 2.07. The van der Waals surface area contributed by atoms with E-state index in [-0.39, 0.29) is 5.56 Å². The first-order chi connectivity index (χ1) is 7.22. The molecule has 0 bridgehead atoms. The topological polar surface area (TPSA) is 53.1 Å². The van der Waals surface area contributed by atoms with Crippen molar-refractivity contribution in [3.8, 4) is 0 Å². The minimum absolute atomic E-state index is 0.146. The fourth-order valence-electron chi connectivity index (χ4n) is 1.60. The fraction of sp³-hybridized carbons (Fsp3) is 0.0833. The Labute approximate surface area is 86.7 Å². The molecule has 2 aromatic rings. The van der Waals surface area contributed by atoms with Gasteiger partial charge in [0.05, 0.1) is 6.10 Å². The summed E-state index contributed by atoms with van der Waals surface area (Å²) in [6.45, 7) is 3.54. The SMILES string of the molecule is C=CC(O)c1cccc2[nH]c(=O)ccc12. The number of hydrogen-bond donors (Lipinski definition) is 2. The van der Waals surface area contributed by atoms with Crippen molar-refractivity contribution in [2.75, 3.05) is 0 Å². The van der Waals surface area contributed by atoms with E-state index < -0.39 is 6.10 Å². The molecule has 0 amide bonds. The molecule has 0 aliphatic rings. The molecule has 0 saturated heterocycles. The number of aromatic amines is 1. The van der Waals surface area contributed by atoms with Gasteiger partial charge in [-0.3, -0.25) is 4.79 Å². The third kappa shape index (κ3) is 1.69. The molecule has 3 heteroatoms. The van der Waals surface area contributed by atoms with E-state index in [2.05, 4.69) is 11.6 Å². The van der Waals surface area contributed by atoms with Crippen molar-refractivity contribution in [1.29, 1.82) is 0 Å². The summed E-state index contributed by atoms with van der Waals surface area (Å²) in [5.74, 6) is 0. The zero-order chi connectivity index (χ0) is 10.8. The van der Waals surface area contributed by atoms with Crippen molar-refractivity contribution in [2.24, 2.45) is 0 Å². The van der Waals surface area contributed by atoms with Crippen LogP contribution in [0.15, 0.2) is 47.8 Å². The maximum Gasteiger partial charge on any atom is 0.248 e. The number of nitrogens with one attached hydrogen (secondary N) is 1. The average Bonchev–Trinajstić information content (AvgIpc) is 2.26. The van der Waals surface area contributed by atoms with Crippen LogP contribution in [0.2, 0.25) is 0 Å². The summed E-state index contributed by atoms with van der Waals surface area (Å²) >= 11 is 0. The predicted octanol–water partition coefficient (Wildman–Crippen LogP) is 1.75. The van der Waals surface area contributed by atoms with Gasteiger partial charge in [-0.15, -0.1) is 6.58 Å². The molecule has 0 radical (unpaired) electrons. The minimum Gasteiger partial charge on any atom is -0.384 e. The molecule has 1 heterocycles. The van der Waals surface area contributed by atoms with Crippen LogP contribution in [-0.2, 0) is 0 Å². The molecule has 2 N–H and O–H groups in total. The third-order valence-corrected chi connectivity index (χ3v) is 2.34. The molecule has 1 aromatic carbocycles. The van der Waals surface area contributed by atoms with Crippen LogP contribution >= 0.6 is 0 Å². The van der Waals surface area contributed by atoms with Crippen LogP contribution in [-0.4, -0.2) is 10.1 Å². The second-order valence-electron chi connectivity index (χ2n) is 3.31. The van der Waals surface area contributed by atoms with Crippen molar-refractivity contribution in [3.63, 3.8) is 0 Å². The first kappa shape index (κ1) is 9.68. The molecule has 2 rings (SSSR count). The lowest BCUT2D eigenvalue weighted by Gasteiger charge is -2.08. The first-order valence-electron chi connectivity index (χ1n) is 4.65. The number of aliphatic hydroxyl groups is 1. The van der Waals surface area contributed by atoms with Gasteiger partial charge < -0.3 is 10.1 Å². The van der Waals surface area contributed by atoms with Gasteiger partial charge in [0, 0.05) is 17.0 Å². The van der Waals surface area contributed by atoms with Crippen LogP contribution in [0.25, 0.3) is 10.9 Å². The van der Waals surface area contributed by atoms with Gasteiger partial charge in [0.15, 0.2) is 0 Å². The van der Waals surface area contributed by atoms with Crippen LogP contribution in [0.4, 0.5) is 0 Å². The zero-order valence-electron chi connectivity index (χ0n) is 8.10. The minimum atomic E-state index is -0.709. The van der Waals surface area contributed by atoms with Gasteiger partial charge in [-0.05, 0) is 17.7 Å². The van der Waals surface area contributed by atoms with Gasteiger partial charge in [0.2, 0.25) is 5.56 Å². The van der Waals surface area contributed by atoms with Gasteiger partial charge in [-0.2, -0.15) is 0 Å². The second-order valence-corrected chi connectivity index (χ2v) is 3.31. The van der Waals surface area contributed by atoms with Crippen LogP contribution in [0.1, 0.15) is 11.7 Å². The molecular formula is C12H11NO2. The molecule has 0 spiro atoms. The molecule has 76 valence electrons. The number of H-pyrrole nitrogens is 1. The standard InChI is InChI=1S/C12H11NO2/c1-2-11(14)9-4-3-5-10-8(9)6-7-12(15)13-10/h2-7,11,14H,1H2,(H,13,15). The Kier molecular flexibility index (Phi) is 2.39. The Morgan fingerprint density at radius 1 is 1.33 bits per heavy atom. The van der Waals surface area contributed by atoms with E-state index in [0.29, 0.717) is 0 Å². The highest BCUT2D eigenvalue weighted by Crippen LogP contribution is 2.22. The number of aliphatic hydroxyl groups excluding tert-OH is 1. The predicted molar refractivity (Wildman–Crippen MR) is 59.7 cm³/mol. The Morgan fingerprint density at radius 3 is 2.87 bits per heavy atom. The molecule has 0 fully saturated rings. The van der Waals surface area contributed by atoms with Crippen LogP contribution in [0, 0.1) is 0 Å². The Morgan fingerprint density at radius 2 is 2.13 bits per heavy atom. The zero-order valence-corrected chi connectivity index (χ0v) is 8.10. The van der Waals surface area contributed by atoms with Gasteiger partial charge in [-0.25, -0.2) is 0 Å².